The van der Waals surface area contributed by atoms with Crippen LogP contribution in [-0.2, 0) is 11.3 Å². The highest BCUT2D eigenvalue weighted by Crippen LogP contribution is 2.20. The standard InChI is InChI=1S/C8H16N6OS/c1-6(7(15)13(2)3)16-8-10-11-12-14(8)5-4-9/h6H,4-5,9H2,1-3H3. The Labute approximate surface area is 98.4 Å². The fraction of sp³-hybridized carbons (Fsp3) is 0.750. The number of amides is 1. The van der Waals surface area contributed by atoms with Gasteiger partial charge in [-0.25, -0.2) is 4.68 Å². The van der Waals surface area contributed by atoms with Gasteiger partial charge in [0.2, 0.25) is 11.1 Å². The smallest absolute Gasteiger partial charge is 0.235 e. The van der Waals surface area contributed by atoms with Gasteiger partial charge >= 0.3 is 0 Å². The van der Waals surface area contributed by atoms with Gasteiger partial charge in [0.15, 0.2) is 0 Å². The van der Waals surface area contributed by atoms with Crippen LogP contribution in [0.4, 0.5) is 0 Å². The van der Waals surface area contributed by atoms with Crippen molar-refractivity contribution in [2.45, 2.75) is 23.9 Å². The second-order valence-electron chi connectivity index (χ2n) is 3.47. The zero-order valence-electron chi connectivity index (χ0n) is 9.62. The van der Waals surface area contributed by atoms with Gasteiger partial charge in [0.1, 0.15) is 0 Å². The highest BCUT2D eigenvalue weighted by Gasteiger charge is 2.19. The molecule has 0 aliphatic carbocycles. The van der Waals surface area contributed by atoms with E-state index < -0.39 is 0 Å². The molecular weight excluding hydrogens is 228 g/mol. The van der Waals surface area contributed by atoms with Crippen molar-refractivity contribution in [2.75, 3.05) is 20.6 Å². The van der Waals surface area contributed by atoms with E-state index in [0.29, 0.717) is 18.2 Å². The Balaban J connectivity index is 2.65. The van der Waals surface area contributed by atoms with E-state index >= 15 is 0 Å². The lowest BCUT2D eigenvalue weighted by molar-refractivity contribution is -0.127. The second-order valence-corrected chi connectivity index (χ2v) is 4.77. The van der Waals surface area contributed by atoms with Gasteiger partial charge in [-0.3, -0.25) is 4.79 Å². The molecule has 1 heterocycles. The minimum absolute atomic E-state index is 0.0345. The van der Waals surface area contributed by atoms with E-state index in [-0.39, 0.29) is 11.2 Å². The summed E-state index contributed by atoms with van der Waals surface area (Å²) in [4.78, 5) is 13.2. The maximum atomic E-state index is 11.6. The van der Waals surface area contributed by atoms with Crippen LogP contribution < -0.4 is 5.73 Å². The first-order valence-corrected chi connectivity index (χ1v) is 5.78. The largest absolute Gasteiger partial charge is 0.348 e. The van der Waals surface area contributed by atoms with Crippen molar-refractivity contribution < 1.29 is 4.79 Å². The summed E-state index contributed by atoms with van der Waals surface area (Å²) < 4.78 is 1.60. The van der Waals surface area contributed by atoms with Crippen LogP contribution in [0.2, 0.25) is 0 Å². The fourth-order valence-electron chi connectivity index (χ4n) is 1.12. The lowest BCUT2D eigenvalue weighted by Gasteiger charge is -2.15. The van der Waals surface area contributed by atoms with Crippen LogP contribution in [0, 0.1) is 0 Å². The third-order valence-corrected chi connectivity index (χ3v) is 2.97. The SMILES string of the molecule is CC(Sc1nnnn1CCN)C(=O)N(C)C. The van der Waals surface area contributed by atoms with E-state index in [1.54, 1.807) is 23.7 Å². The van der Waals surface area contributed by atoms with Crippen molar-refractivity contribution in [1.29, 1.82) is 0 Å². The van der Waals surface area contributed by atoms with Gasteiger partial charge in [0.05, 0.1) is 11.8 Å². The van der Waals surface area contributed by atoms with Crippen molar-refractivity contribution >= 4 is 17.7 Å². The molecule has 1 atom stereocenters. The van der Waals surface area contributed by atoms with Crippen LogP contribution >= 0.6 is 11.8 Å². The Morgan fingerprint density at radius 2 is 2.31 bits per heavy atom. The molecular formula is C8H16N6OS. The highest BCUT2D eigenvalue weighted by atomic mass is 32.2. The van der Waals surface area contributed by atoms with E-state index in [0.717, 1.165) is 0 Å². The molecule has 0 radical (unpaired) electrons. The lowest BCUT2D eigenvalue weighted by Crippen LogP contribution is -2.30. The van der Waals surface area contributed by atoms with E-state index in [9.17, 15) is 4.79 Å². The number of thioether (sulfide) groups is 1. The van der Waals surface area contributed by atoms with Crippen LogP contribution in [0.25, 0.3) is 0 Å². The minimum atomic E-state index is -0.211. The number of hydrogen-bond acceptors (Lipinski definition) is 6. The minimum Gasteiger partial charge on any atom is -0.348 e. The molecule has 0 saturated carbocycles. The number of hydrogen-bond donors (Lipinski definition) is 1. The van der Waals surface area contributed by atoms with E-state index in [1.165, 1.54) is 11.8 Å². The Morgan fingerprint density at radius 1 is 1.62 bits per heavy atom. The topological polar surface area (TPSA) is 89.9 Å². The molecule has 0 aliphatic rings. The summed E-state index contributed by atoms with van der Waals surface area (Å²) in [7, 11) is 3.45. The molecule has 1 rings (SSSR count). The summed E-state index contributed by atoms with van der Waals surface area (Å²) in [6.45, 7) is 2.85. The van der Waals surface area contributed by atoms with Gasteiger partial charge in [0.25, 0.3) is 0 Å². The average molecular weight is 244 g/mol. The van der Waals surface area contributed by atoms with Gasteiger partial charge in [-0.05, 0) is 17.4 Å². The third-order valence-electron chi connectivity index (χ3n) is 1.91. The van der Waals surface area contributed by atoms with Gasteiger partial charge in [-0.1, -0.05) is 11.8 Å². The summed E-state index contributed by atoms with van der Waals surface area (Å²) in [5.74, 6) is 0.0345. The molecule has 16 heavy (non-hydrogen) atoms. The van der Waals surface area contributed by atoms with Crippen molar-refractivity contribution in [3.8, 4) is 0 Å². The number of nitrogens with two attached hydrogens (primary N) is 1. The molecule has 1 unspecified atom stereocenters. The summed E-state index contributed by atoms with van der Waals surface area (Å²) in [6, 6.07) is 0. The molecule has 2 N–H and O–H groups in total. The van der Waals surface area contributed by atoms with E-state index in [2.05, 4.69) is 15.5 Å². The van der Waals surface area contributed by atoms with Gasteiger partial charge in [-0.2, -0.15) is 0 Å². The maximum Gasteiger partial charge on any atom is 0.235 e. The number of nitrogens with zero attached hydrogens (tertiary/aromatic N) is 5. The molecule has 0 spiro atoms. The molecule has 0 saturated heterocycles. The van der Waals surface area contributed by atoms with Gasteiger partial charge in [-0.15, -0.1) is 5.10 Å². The summed E-state index contributed by atoms with van der Waals surface area (Å²) >= 11 is 1.33. The molecule has 0 bridgehead atoms. The monoisotopic (exact) mass is 244 g/mol. The second kappa shape index (κ2) is 5.80. The maximum absolute atomic E-state index is 11.6. The molecule has 0 aromatic carbocycles. The first-order valence-electron chi connectivity index (χ1n) is 4.90. The quantitative estimate of drug-likeness (QED) is 0.682. The number of carbonyl (C=O) groups is 1. The predicted octanol–water partition coefficient (Wildman–Crippen LogP) is -0.799. The molecule has 1 aromatic rings. The van der Waals surface area contributed by atoms with Gasteiger partial charge < -0.3 is 10.6 Å². The Hall–Kier alpha value is -1.15. The highest BCUT2D eigenvalue weighted by molar-refractivity contribution is 8.00. The van der Waals surface area contributed by atoms with Crippen molar-refractivity contribution in [1.82, 2.24) is 25.1 Å². The molecule has 0 fully saturated rings. The number of carbonyl (C=O) groups excluding carboxylic acids is 1. The summed E-state index contributed by atoms with van der Waals surface area (Å²) in [5, 5.41) is 11.6. The summed E-state index contributed by atoms with van der Waals surface area (Å²) in [5.41, 5.74) is 5.43. The van der Waals surface area contributed by atoms with Crippen molar-refractivity contribution in [3.05, 3.63) is 0 Å². The van der Waals surface area contributed by atoms with Crippen molar-refractivity contribution in [3.63, 3.8) is 0 Å². The van der Waals surface area contributed by atoms with Crippen LogP contribution in [-0.4, -0.2) is 56.9 Å². The number of rotatable bonds is 5. The Bertz CT molecular complexity index is 352. The first-order chi connectivity index (χ1) is 7.56. The number of tetrazole rings is 1. The number of aromatic nitrogens is 4. The molecule has 1 aromatic heterocycles. The normalized spacial score (nSPS) is 12.5. The average Bonchev–Trinajstić information content (AvgIpc) is 2.65. The van der Waals surface area contributed by atoms with E-state index in [4.69, 9.17) is 5.73 Å². The molecule has 0 aliphatic heterocycles. The zero-order valence-corrected chi connectivity index (χ0v) is 10.4. The van der Waals surface area contributed by atoms with E-state index in [1.807, 2.05) is 6.92 Å². The van der Waals surface area contributed by atoms with Crippen LogP contribution in [0.5, 0.6) is 0 Å². The molecule has 1 amide bonds. The van der Waals surface area contributed by atoms with Gasteiger partial charge in [0, 0.05) is 20.6 Å². The van der Waals surface area contributed by atoms with Crippen LogP contribution in [0.1, 0.15) is 6.92 Å². The van der Waals surface area contributed by atoms with Crippen LogP contribution in [0.15, 0.2) is 5.16 Å². The predicted molar refractivity (Wildman–Crippen MR) is 60.9 cm³/mol. The van der Waals surface area contributed by atoms with Crippen LogP contribution in [0.3, 0.4) is 0 Å². The molecule has 7 nitrogen and oxygen atoms in total. The zero-order chi connectivity index (χ0) is 12.1. The third kappa shape index (κ3) is 3.17. The lowest BCUT2D eigenvalue weighted by atomic mass is 10.4. The Kier molecular flexibility index (Phi) is 4.69. The molecule has 8 heteroatoms. The Morgan fingerprint density at radius 3 is 2.88 bits per heavy atom. The van der Waals surface area contributed by atoms with Crippen molar-refractivity contribution in [2.24, 2.45) is 5.73 Å². The summed E-state index contributed by atoms with van der Waals surface area (Å²) in [6.07, 6.45) is 0. The fourth-order valence-corrected chi connectivity index (χ4v) is 2.08. The first kappa shape index (κ1) is 12.9. The molecule has 90 valence electrons.